The molecule has 8 nitrogen and oxygen atoms in total. The highest BCUT2D eigenvalue weighted by atomic mass is 19.4. The molecule has 1 saturated heterocycles. The Hall–Kier alpha value is -4.12. The van der Waals surface area contributed by atoms with Gasteiger partial charge in [-0.2, -0.15) is 0 Å². The van der Waals surface area contributed by atoms with Crippen LogP contribution >= 0.6 is 0 Å². The van der Waals surface area contributed by atoms with Crippen molar-refractivity contribution in [3.8, 4) is 5.75 Å². The van der Waals surface area contributed by atoms with Gasteiger partial charge >= 0.3 is 6.36 Å². The number of amides is 2. The Morgan fingerprint density at radius 3 is 2.25 bits per heavy atom. The summed E-state index contributed by atoms with van der Waals surface area (Å²) in [5.41, 5.74) is 7.91. The van der Waals surface area contributed by atoms with Crippen molar-refractivity contribution in [2.24, 2.45) is 5.73 Å². The number of hydrogen-bond donors (Lipinski definition) is 1. The summed E-state index contributed by atoms with van der Waals surface area (Å²) in [6.07, 6.45) is -3.75. The van der Waals surface area contributed by atoms with Gasteiger partial charge in [0.05, 0.1) is 17.8 Å². The third kappa shape index (κ3) is 7.50. The minimum Gasteiger partial charge on any atom is -0.406 e. The van der Waals surface area contributed by atoms with E-state index in [0.717, 1.165) is 5.56 Å². The van der Waals surface area contributed by atoms with Crippen LogP contribution in [-0.4, -0.2) is 71.1 Å². The van der Waals surface area contributed by atoms with E-state index in [0.29, 0.717) is 50.3 Å². The SMILES string of the molecule is Cc1c(C(N)=O)cc(C(=O)CN2CCN(C(=O)CCc3ccccc3)CC2)n1Cc1cccc(OC(F)(F)F)c1. The van der Waals surface area contributed by atoms with Gasteiger partial charge in [0.25, 0.3) is 5.91 Å². The molecule has 212 valence electrons. The summed E-state index contributed by atoms with van der Waals surface area (Å²) in [7, 11) is 0. The van der Waals surface area contributed by atoms with Crippen LogP contribution in [0.3, 0.4) is 0 Å². The van der Waals surface area contributed by atoms with Crippen molar-refractivity contribution in [3.05, 3.63) is 88.7 Å². The van der Waals surface area contributed by atoms with Crippen LogP contribution in [0, 0.1) is 6.92 Å². The third-order valence-electron chi connectivity index (χ3n) is 6.95. The average molecular weight is 557 g/mol. The third-order valence-corrected chi connectivity index (χ3v) is 6.95. The van der Waals surface area contributed by atoms with Crippen molar-refractivity contribution in [2.45, 2.75) is 32.7 Å². The largest absolute Gasteiger partial charge is 0.573 e. The molecule has 3 aromatic rings. The van der Waals surface area contributed by atoms with E-state index < -0.39 is 12.3 Å². The van der Waals surface area contributed by atoms with Gasteiger partial charge in [-0.15, -0.1) is 13.2 Å². The maximum absolute atomic E-state index is 13.4. The van der Waals surface area contributed by atoms with E-state index in [1.807, 2.05) is 35.2 Å². The summed E-state index contributed by atoms with van der Waals surface area (Å²) in [5, 5.41) is 0. The van der Waals surface area contributed by atoms with Crippen molar-refractivity contribution in [1.29, 1.82) is 0 Å². The zero-order valence-corrected chi connectivity index (χ0v) is 22.1. The van der Waals surface area contributed by atoms with Crippen molar-refractivity contribution in [1.82, 2.24) is 14.4 Å². The van der Waals surface area contributed by atoms with E-state index in [1.165, 1.54) is 24.3 Å². The fourth-order valence-electron chi connectivity index (χ4n) is 4.85. The number of alkyl halides is 3. The molecular formula is C29H31F3N4O4. The predicted octanol–water partition coefficient (Wildman–Crippen LogP) is 3.80. The van der Waals surface area contributed by atoms with Gasteiger partial charge in [0.2, 0.25) is 5.91 Å². The Bertz CT molecular complexity index is 1360. The normalized spacial score (nSPS) is 14.2. The molecule has 1 aliphatic heterocycles. The van der Waals surface area contributed by atoms with E-state index in [2.05, 4.69) is 4.74 Å². The standard InChI is InChI=1S/C29H31F3N4O4/c1-20-24(28(33)39)17-25(36(20)18-22-8-5-9-23(16-22)40-29(30,31)32)26(37)19-34-12-14-35(15-13-34)27(38)11-10-21-6-3-2-4-7-21/h2-9,16-17H,10-15,18-19H2,1H3,(H2,33,39). The lowest BCUT2D eigenvalue weighted by Gasteiger charge is -2.34. The van der Waals surface area contributed by atoms with E-state index in [-0.39, 0.29) is 41.8 Å². The highest BCUT2D eigenvalue weighted by molar-refractivity contribution is 6.01. The van der Waals surface area contributed by atoms with Crippen LogP contribution in [0.1, 0.15) is 44.1 Å². The lowest BCUT2D eigenvalue weighted by Crippen LogP contribution is -2.50. The van der Waals surface area contributed by atoms with Gasteiger partial charge in [-0.1, -0.05) is 42.5 Å². The summed E-state index contributed by atoms with van der Waals surface area (Å²) in [6, 6.07) is 16.7. The van der Waals surface area contributed by atoms with Crippen LogP contribution in [0.15, 0.2) is 60.7 Å². The lowest BCUT2D eigenvalue weighted by molar-refractivity contribution is -0.274. The summed E-state index contributed by atoms with van der Waals surface area (Å²) in [5.74, 6) is -1.28. The Kier molecular flexibility index (Phi) is 8.93. The topological polar surface area (TPSA) is 97.9 Å². The van der Waals surface area contributed by atoms with Gasteiger partial charge in [0, 0.05) is 44.8 Å². The fourth-order valence-corrected chi connectivity index (χ4v) is 4.85. The molecule has 0 spiro atoms. The number of aryl methyl sites for hydroxylation is 1. The Labute approximate surface area is 230 Å². The van der Waals surface area contributed by atoms with Gasteiger partial charge in [-0.05, 0) is 42.7 Å². The number of primary amides is 1. The van der Waals surface area contributed by atoms with Crippen LogP contribution in [-0.2, 0) is 17.8 Å². The summed E-state index contributed by atoms with van der Waals surface area (Å²) in [4.78, 5) is 41.8. The number of aromatic nitrogens is 1. The minimum atomic E-state index is -4.83. The lowest BCUT2D eigenvalue weighted by atomic mass is 10.1. The number of carbonyl (C=O) groups is 3. The van der Waals surface area contributed by atoms with Crippen LogP contribution in [0.25, 0.3) is 0 Å². The first-order valence-electron chi connectivity index (χ1n) is 12.9. The molecular weight excluding hydrogens is 525 g/mol. The van der Waals surface area contributed by atoms with Crippen LogP contribution < -0.4 is 10.5 Å². The van der Waals surface area contributed by atoms with Gasteiger partial charge < -0.3 is 19.9 Å². The highest BCUT2D eigenvalue weighted by Gasteiger charge is 2.31. The molecule has 1 aromatic heterocycles. The molecule has 2 aromatic carbocycles. The number of nitrogens with two attached hydrogens (primary N) is 1. The van der Waals surface area contributed by atoms with Crippen molar-refractivity contribution in [2.75, 3.05) is 32.7 Å². The monoisotopic (exact) mass is 556 g/mol. The quantitative estimate of drug-likeness (QED) is 0.383. The van der Waals surface area contributed by atoms with Gasteiger partial charge in [-0.25, -0.2) is 0 Å². The molecule has 1 fully saturated rings. The number of nitrogens with zero attached hydrogens (tertiary/aromatic N) is 3. The zero-order valence-electron chi connectivity index (χ0n) is 22.1. The number of carbonyl (C=O) groups excluding carboxylic acids is 3. The molecule has 1 aliphatic rings. The molecule has 0 saturated carbocycles. The second-order valence-electron chi connectivity index (χ2n) is 9.74. The molecule has 40 heavy (non-hydrogen) atoms. The summed E-state index contributed by atoms with van der Waals surface area (Å²) >= 11 is 0. The molecule has 0 aliphatic carbocycles. The predicted molar refractivity (Wildman–Crippen MR) is 142 cm³/mol. The van der Waals surface area contributed by atoms with Crippen LogP contribution in [0.4, 0.5) is 13.2 Å². The second-order valence-corrected chi connectivity index (χ2v) is 9.74. The van der Waals surface area contributed by atoms with E-state index >= 15 is 0 Å². The summed E-state index contributed by atoms with van der Waals surface area (Å²) in [6.45, 7) is 3.76. The molecule has 2 N–H and O–H groups in total. The first-order valence-corrected chi connectivity index (χ1v) is 12.9. The molecule has 0 bridgehead atoms. The first kappa shape index (κ1) is 28.9. The smallest absolute Gasteiger partial charge is 0.406 e. The van der Waals surface area contributed by atoms with Crippen molar-refractivity contribution < 1.29 is 32.3 Å². The molecule has 4 rings (SSSR count). The minimum absolute atomic E-state index is 0.0406. The average Bonchev–Trinajstić information content (AvgIpc) is 3.23. The Morgan fingerprint density at radius 1 is 0.925 bits per heavy atom. The number of piperazine rings is 1. The number of Topliss-reactive ketones (excluding diaryl/α,β-unsaturated/α-hetero) is 1. The number of ketones is 1. The van der Waals surface area contributed by atoms with Crippen LogP contribution in [0.5, 0.6) is 5.75 Å². The molecule has 2 heterocycles. The Balaban J connectivity index is 1.40. The number of halogens is 3. The van der Waals surface area contributed by atoms with Gasteiger partial charge in [-0.3, -0.25) is 19.3 Å². The maximum atomic E-state index is 13.4. The second kappa shape index (κ2) is 12.4. The highest BCUT2D eigenvalue weighted by Crippen LogP contribution is 2.25. The van der Waals surface area contributed by atoms with Crippen LogP contribution in [0.2, 0.25) is 0 Å². The first-order chi connectivity index (χ1) is 19.0. The molecule has 0 unspecified atom stereocenters. The fraction of sp³-hybridized carbons (Fsp3) is 0.345. The van der Waals surface area contributed by atoms with E-state index in [9.17, 15) is 27.6 Å². The molecule has 2 amide bonds. The number of hydrogen-bond acceptors (Lipinski definition) is 5. The number of rotatable bonds is 10. The van der Waals surface area contributed by atoms with E-state index in [4.69, 9.17) is 5.73 Å². The van der Waals surface area contributed by atoms with E-state index in [1.54, 1.807) is 22.5 Å². The van der Waals surface area contributed by atoms with Crippen molar-refractivity contribution in [3.63, 3.8) is 0 Å². The summed E-state index contributed by atoms with van der Waals surface area (Å²) < 4.78 is 43.6. The Morgan fingerprint density at radius 2 is 1.60 bits per heavy atom. The number of ether oxygens (including phenoxy) is 1. The van der Waals surface area contributed by atoms with Gasteiger partial charge in [0.15, 0.2) is 5.78 Å². The maximum Gasteiger partial charge on any atom is 0.573 e. The zero-order chi connectivity index (χ0) is 28.9. The molecule has 11 heteroatoms. The molecule has 0 atom stereocenters. The number of benzene rings is 2. The van der Waals surface area contributed by atoms with Crippen molar-refractivity contribution >= 4 is 17.6 Å². The molecule has 0 radical (unpaired) electrons. The van der Waals surface area contributed by atoms with Gasteiger partial charge in [0.1, 0.15) is 5.75 Å².